The molecule has 2 amide bonds. The fourth-order valence-electron chi connectivity index (χ4n) is 2.64. The number of aromatic nitrogens is 2. The van der Waals surface area contributed by atoms with Crippen LogP contribution in [0.4, 0.5) is 10.1 Å². The standard InChI is InChI=1S/C20H21FN4O2/c1-13(2)10-11-22-20(27)18-24-17(16-5-3-4-12-25(16)18)19(26)23-15-8-6-14(21)7-9-15/h3-9,12-13H,10-11H2,1-2H3,(H,22,27)(H,23,26). The zero-order chi connectivity index (χ0) is 19.4. The van der Waals surface area contributed by atoms with E-state index in [2.05, 4.69) is 29.5 Å². The van der Waals surface area contributed by atoms with E-state index in [0.717, 1.165) is 6.42 Å². The van der Waals surface area contributed by atoms with Crippen LogP contribution in [-0.4, -0.2) is 27.7 Å². The number of amides is 2. The maximum atomic E-state index is 13.0. The lowest BCUT2D eigenvalue weighted by atomic mass is 10.1. The van der Waals surface area contributed by atoms with E-state index in [0.29, 0.717) is 23.7 Å². The van der Waals surface area contributed by atoms with Gasteiger partial charge in [-0.2, -0.15) is 0 Å². The Morgan fingerprint density at radius 1 is 1.11 bits per heavy atom. The summed E-state index contributed by atoms with van der Waals surface area (Å²) in [5.41, 5.74) is 1.10. The molecule has 0 unspecified atom stereocenters. The van der Waals surface area contributed by atoms with E-state index in [1.165, 1.54) is 24.3 Å². The van der Waals surface area contributed by atoms with Crippen molar-refractivity contribution < 1.29 is 14.0 Å². The molecule has 0 saturated heterocycles. The largest absolute Gasteiger partial charge is 0.349 e. The molecule has 0 fully saturated rings. The van der Waals surface area contributed by atoms with Crippen LogP contribution in [0.25, 0.3) is 5.52 Å². The summed E-state index contributed by atoms with van der Waals surface area (Å²) in [6, 6.07) is 10.7. The summed E-state index contributed by atoms with van der Waals surface area (Å²) in [5, 5.41) is 5.51. The van der Waals surface area contributed by atoms with Crippen molar-refractivity contribution in [3.05, 3.63) is 66.0 Å². The van der Waals surface area contributed by atoms with Gasteiger partial charge in [-0.05, 0) is 48.7 Å². The first kappa shape index (κ1) is 18.6. The van der Waals surface area contributed by atoms with Crippen molar-refractivity contribution in [3.8, 4) is 0 Å². The third kappa shape index (κ3) is 4.31. The van der Waals surface area contributed by atoms with E-state index in [-0.39, 0.29) is 23.2 Å². The first-order valence-electron chi connectivity index (χ1n) is 8.78. The molecule has 2 heterocycles. The van der Waals surface area contributed by atoms with Crippen LogP contribution in [0.1, 0.15) is 41.4 Å². The average Bonchev–Trinajstić information content (AvgIpc) is 3.03. The van der Waals surface area contributed by atoms with Gasteiger partial charge in [-0.3, -0.25) is 14.0 Å². The Morgan fingerprint density at radius 2 is 1.85 bits per heavy atom. The molecule has 0 radical (unpaired) electrons. The number of pyridine rings is 1. The second-order valence-electron chi connectivity index (χ2n) is 6.64. The number of fused-ring (bicyclic) bond motifs is 1. The lowest BCUT2D eigenvalue weighted by molar-refractivity contribution is 0.0941. The molecule has 3 rings (SSSR count). The fourth-order valence-corrected chi connectivity index (χ4v) is 2.64. The van der Waals surface area contributed by atoms with Crippen molar-refractivity contribution in [2.24, 2.45) is 5.92 Å². The molecule has 0 aliphatic heterocycles. The number of rotatable bonds is 6. The highest BCUT2D eigenvalue weighted by atomic mass is 19.1. The molecule has 27 heavy (non-hydrogen) atoms. The molecule has 3 aromatic rings. The summed E-state index contributed by atoms with van der Waals surface area (Å²) in [4.78, 5) is 29.4. The Balaban J connectivity index is 1.86. The molecule has 140 valence electrons. The highest BCUT2D eigenvalue weighted by Gasteiger charge is 2.21. The van der Waals surface area contributed by atoms with Crippen LogP contribution in [0.3, 0.4) is 0 Å². The molecule has 0 aliphatic carbocycles. The van der Waals surface area contributed by atoms with E-state index in [9.17, 15) is 14.0 Å². The number of benzene rings is 1. The van der Waals surface area contributed by atoms with Gasteiger partial charge in [0.05, 0.1) is 5.52 Å². The Bertz CT molecular complexity index is 964. The van der Waals surface area contributed by atoms with Crippen LogP contribution in [-0.2, 0) is 0 Å². The topological polar surface area (TPSA) is 75.5 Å². The lowest BCUT2D eigenvalue weighted by Crippen LogP contribution is -2.27. The molecule has 6 nitrogen and oxygen atoms in total. The van der Waals surface area contributed by atoms with Gasteiger partial charge in [0.1, 0.15) is 5.82 Å². The van der Waals surface area contributed by atoms with Gasteiger partial charge in [0, 0.05) is 18.4 Å². The number of anilines is 1. The van der Waals surface area contributed by atoms with Crippen LogP contribution in [0.5, 0.6) is 0 Å². The van der Waals surface area contributed by atoms with Crippen molar-refractivity contribution in [1.82, 2.24) is 14.7 Å². The molecular weight excluding hydrogens is 347 g/mol. The molecule has 0 aliphatic rings. The number of nitrogens with zero attached hydrogens (tertiary/aromatic N) is 2. The van der Waals surface area contributed by atoms with Crippen LogP contribution in [0.2, 0.25) is 0 Å². The Hall–Kier alpha value is -3.22. The van der Waals surface area contributed by atoms with Gasteiger partial charge < -0.3 is 10.6 Å². The molecular formula is C20H21FN4O2. The fraction of sp³-hybridized carbons (Fsp3) is 0.250. The highest BCUT2D eigenvalue weighted by molar-refractivity contribution is 6.08. The van der Waals surface area contributed by atoms with E-state index in [1.807, 2.05) is 0 Å². The van der Waals surface area contributed by atoms with Gasteiger partial charge in [-0.1, -0.05) is 19.9 Å². The van der Waals surface area contributed by atoms with Crippen molar-refractivity contribution >= 4 is 23.0 Å². The second kappa shape index (κ2) is 7.99. The smallest absolute Gasteiger partial charge is 0.287 e. The lowest BCUT2D eigenvalue weighted by Gasteiger charge is -2.06. The molecule has 0 bridgehead atoms. The van der Waals surface area contributed by atoms with Crippen LogP contribution < -0.4 is 10.6 Å². The van der Waals surface area contributed by atoms with Gasteiger partial charge in [-0.15, -0.1) is 0 Å². The minimum absolute atomic E-state index is 0.133. The number of carbonyl (C=O) groups is 2. The Morgan fingerprint density at radius 3 is 2.56 bits per heavy atom. The van der Waals surface area contributed by atoms with Gasteiger partial charge in [0.15, 0.2) is 5.69 Å². The van der Waals surface area contributed by atoms with Crippen LogP contribution in [0.15, 0.2) is 48.7 Å². The second-order valence-corrected chi connectivity index (χ2v) is 6.64. The van der Waals surface area contributed by atoms with E-state index in [1.54, 1.807) is 28.8 Å². The summed E-state index contributed by atoms with van der Waals surface area (Å²) < 4.78 is 14.6. The average molecular weight is 368 g/mol. The van der Waals surface area contributed by atoms with Crippen molar-refractivity contribution in [1.29, 1.82) is 0 Å². The minimum Gasteiger partial charge on any atom is -0.349 e. The summed E-state index contributed by atoms with van der Waals surface area (Å²) in [7, 11) is 0. The molecule has 2 aromatic heterocycles. The summed E-state index contributed by atoms with van der Waals surface area (Å²) >= 11 is 0. The zero-order valence-electron chi connectivity index (χ0n) is 15.2. The van der Waals surface area contributed by atoms with Crippen molar-refractivity contribution in [2.75, 3.05) is 11.9 Å². The van der Waals surface area contributed by atoms with Gasteiger partial charge >= 0.3 is 0 Å². The molecule has 2 N–H and O–H groups in total. The monoisotopic (exact) mass is 368 g/mol. The van der Waals surface area contributed by atoms with Gasteiger partial charge in [-0.25, -0.2) is 9.37 Å². The van der Waals surface area contributed by atoms with Crippen LogP contribution >= 0.6 is 0 Å². The predicted octanol–water partition coefficient (Wildman–Crippen LogP) is 3.50. The van der Waals surface area contributed by atoms with E-state index in [4.69, 9.17) is 0 Å². The number of halogens is 1. The quantitative estimate of drug-likeness (QED) is 0.699. The summed E-state index contributed by atoms with van der Waals surface area (Å²) in [6.07, 6.45) is 2.54. The number of imidazole rings is 1. The molecule has 1 aromatic carbocycles. The first-order chi connectivity index (χ1) is 13.0. The summed E-state index contributed by atoms with van der Waals surface area (Å²) in [6.45, 7) is 4.69. The number of hydrogen-bond donors (Lipinski definition) is 2. The first-order valence-corrected chi connectivity index (χ1v) is 8.78. The molecule has 7 heteroatoms. The molecule has 0 spiro atoms. The normalized spacial score (nSPS) is 11.0. The third-order valence-electron chi connectivity index (χ3n) is 4.08. The Labute approximate surface area is 156 Å². The molecule has 0 saturated carbocycles. The SMILES string of the molecule is CC(C)CCNC(=O)c1nc(C(=O)Nc2ccc(F)cc2)c2ccccn12. The van der Waals surface area contributed by atoms with Gasteiger partial charge in [0.25, 0.3) is 11.8 Å². The van der Waals surface area contributed by atoms with E-state index < -0.39 is 5.91 Å². The third-order valence-corrected chi connectivity index (χ3v) is 4.08. The minimum atomic E-state index is -0.466. The van der Waals surface area contributed by atoms with E-state index >= 15 is 0 Å². The maximum absolute atomic E-state index is 13.0. The number of carbonyl (C=O) groups excluding carboxylic acids is 2. The maximum Gasteiger partial charge on any atom is 0.287 e. The highest BCUT2D eigenvalue weighted by Crippen LogP contribution is 2.16. The Kier molecular flexibility index (Phi) is 5.49. The molecule has 0 atom stereocenters. The van der Waals surface area contributed by atoms with Gasteiger partial charge in [0.2, 0.25) is 5.82 Å². The van der Waals surface area contributed by atoms with Crippen LogP contribution in [0, 0.1) is 11.7 Å². The predicted molar refractivity (Wildman–Crippen MR) is 101 cm³/mol. The van der Waals surface area contributed by atoms with Crippen molar-refractivity contribution in [3.63, 3.8) is 0 Å². The summed E-state index contributed by atoms with van der Waals surface area (Å²) in [5.74, 6) is -0.567. The number of nitrogens with one attached hydrogen (secondary N) is 2. The number of hydrogen-bond acceptors (Lipinski definition) is 3. The zero-order valence-corrected chi connectivity index (χ0v) is 15.2. The van der Waals surface area contributed by atoms with Crippen molar-refractivity contribution in [2.45, 2.75) is 20.3 Å².